The molecule has 1 saturated heterocycles. The van der Waals surface area contributed by atoms with Gasteiger partial charge in [-0.2, -0.15) is 9.97 Å². The summed E-state index contributed by atoms with van der Waals surface area (Å²) in [4.78, 5) is 38.6. The average Bonchev–Trinajstić information content (AvgIpc) is 2.88. The van der Waals surface area contributed by atoms with Crippen LogP contribution in [0.5, 0.6) is 6.01 Å². The van der Waals surface area contributed by atoms with Gasteiger partial charge in [-0.25, -0.2) is 8.78 Å². The number of piperazine rings is 1. The maximum atomic E-state index is 16.3. The topological polar surface area (TPSA) is 78.9 Å². The van der Waals surface area contributed by atoms with Crippen LogP contribution < -0.4 is 9.64 Å². The number of fused-ring (bicyclic) bond motifs is 1. The minimum Gasteiger partial charge on any atom is -0.463 e. The van der Waals surface area contributed by atoms with Gasteiger partial charge in [0.25, 0.3) is 0 Å². The van der Waals surface area contributed by atoms with Crippen molar-refractivity contribution in [2.45, 2.75) is 39.3 Å². The summed E-state index contributed by atoms with van der Waals surface area (Å²) in [6.45, 7) is 7.40. The van der Waals surface area contributed by atoms with E-state index < -0.39 is 11.6 Å². The lowest BCUT2D eigenvalue weighted by atomic mass is 9.97. The smallest absolute Gasteiger partial charge is 0.319 e. The summed E-state index contributed by atoms with van der Waals surface area (Å²) in [6.07, 6.45) is 1.15. The Morgan fingerprint density at radius 2 is 1.92 bits per heavy atom. The van der Waals surface area contributed by atoms with Crippen LogP contribution in [0, 0.1) is 11.6 Å². The molecule has 0 spiro atoms. The molecule has 1 amide bonds. The number of hydrogen-bond acceptors (Lipinski definition) is 7. The minimum absolute atomic E-state index is 0.0265. The number of benzene rings is 2. The van der Waals surface area contributed by atoms with Gasteiger partial charge in [-0.15, -0.1) is 0 Å². The Morgan fingerprint density at radius 1 is 1.18 bits per heavy atom. The Kier molecular flexibility index (Phi) is 8.66. The standard InChI is InChI=1S/C28H32ClF2N5O3/c1-16-14-36(17(2)13-35(16)18(3)38)27-20-12-21(29)24(23-19(15-37)8-6-9-22(23)30)25(31)26(20)32-28(33-27)39-11-7-10-34(4)5/h6,8-9,12,15-17H,7,10-11,13-14H2,1-5H3/t16-,17+/m1/s1. The van der Waals surface area contributed by atoms with Crippen LogP contribution in [-0.2, 0) is 4.79 Å². The van der Waals surface area contributed by atoms with Crippen molar-refractivity contribution in [3.8, 4) is 17.1 Å². The molecule has 2 heterocycles. The van der Waals surface area contributed by atoms with Crippen LogP contribution >= 0.6 is 11.6 Å². The second kappa shape index (κ2) is 11.8. The Labute approximate surface area is 231 Å². The van der Waals surface area contributed by atoms with Gasteiger partial charge in [0.2, 0.25) is 5.91 Å². The van der Waals surface area contributed by atoms with Crippen molar-refractivity contribution in [3.05, 3.63) is 46.5 Å². The van der Waals surface area contributed by atoms with Crippen LogP contribution in [-0.4, -0.2) is 84.4 Å². The summed E-state index contributed by atoms with van der Waals surface area (Å²) < 4.78 is 37.0. The Morgan fingerprint density at radius 3 is 2.59 bits per heavy atom. The summed E-state index contributed by atoms with van der Waals surface area (Å²) in [5.74, 6) is -1.28. The monoisotopic (exact) mass is 559 g/mol. The molecule has 1 aliphatic heterocycles. The molecule has 0 aliphatic carbocycles. The van der Waals surface area contributed by atoms with Crippen molar-refractivity contribution in [1.29, 1.82) is 0 Å². The number of carbonyl (C=O) groups is 2. The number of amides is 1. The largest absolute Gasteiger partial charge is 0.463 e. The first-order chi connectivity index (χ1) is 18.5. The lowest BCUT2D eigenvalue weighted by molar-refractivity contribution is -0.131. The maximum Gasteiger partial charge on any atom is 0.319 e. The molecule has 2 atom stereocenters. The summed E-state index contributed by atoms with van der Waals surface area (Å²) in [6, 6.07) is 5.11. The molecule has 1 aromatic heterocycles. The Hall–Kier alpha value is -3.37. The van der Waals surface area contributed by atoms with Crippen molar-refractivity contribution in [1.82, 2.24) is 19.8 Å². The van der Waals surface area contributed by atoms with Gasteiger partial charge in [0.05, 0.1) is 11.6 Å². The molecule has 4 rings (SSSR count). The molecule has 0 N–H and O–H groups in total. The SMILES string of the molecule is CC(=O)N1C[C@H](C)N(c2nc(OCCCN(C)C)nc3c(F)c(-c4c(F)cccc4C=O)c(Cl)cc23)C[C@H]1C. The molecule has 208 valence electrons. The van der Waals surface area contributed by atoms with Gasteiger partial charge in [-0.1, -0.05) is 23.7 Å². The van der Waals surface area contributed by atoms with E-state index in [0.29, 0.717) is 43.6 Å². The highest BCUT2D eigenvalue weighted by molar-refractivity contribution is 6.34. The average molecular weight is 560 g/mol. The molecular formula is C28H32ClF2N5O3. The van der Waals surface area contributed by atoms with Crippen LogP contribution in [0.4, 0.5) is 14.6 Å². The lowest BCUT2D eigenvalue weighted by Gasteiger charge is -2.44. The van der Waals surface area contributed by atoms with E-state index in [4.69, 9.17) is 16.3 Å². The van der Waals surface area contributed by atoms with E-state index in [1.54, 1.807) is 4.90 Å². The number of halogens is 3. The van der Waals surface area contributed by atoms with Gasteiger partial charge >= 0.3 is 6.01 Å². The normalized spacial score (nSPS) is 17.7. The maximum absolute atomic E-state index is 16.3. The van der Waals surface area contributed by atoms with E-state index in [9.17, 15) is 14.0 Å². The van der Waals surface area contributed by atoms with E-state index in [1.165, 1.54) is 25.1 Å². The van der Waals surface area contributed by atoms with Gasteiger partial charge < -0.3 is 19.4 Å². The zero-order valence-electron chi connectivity index (χ0n) is 22.7. The molecule has 1 aliphatic rings. The third-order valence-corrected chi connectivity index (χ3v) is 7.21. The minimum atomic E-state index is -0.879. The first-order valence-electron chi connectivity index (χ1n) is 12.8. The number of carbonyl (C=O) groups excluding carboxylic acids is 2. The molecule has 1 fully saturated rings. The van der Waals surface area contributed by atoms with E-state index in [1.807, 2.05) is 37.7 Å². The Bertz CT molecular complexity index is 1400. The summed E-state index contributed by atoms with van der Waals surface area (Å²) >= 11 is 6.57. The molecule has 2 aromatic carbocycles. The van der Waals surface area contributed by atoms with Crippen LogP contribution in [0.3, 0.4) is 0 Å². The summed E-state index contributed by atoms with van der Waals surface area (Å²) in [5, 5.41) is 0.238. The molecule has 11 heteroatoms. The van der Waals surface area contributed by atoms with Crippen molar-refractivity contribution in [2.24, 2.45) is 0 Å². The number of hydrogen-bond donors (Lipinski definition) is 0. The number of aldehydes is 1. The quantitative estimate of drug-likeness (QED) is 0.289. The van der Waals surface area contributed by atoms with Gasteiger partial charge in [0.15, 0.2) is 12.1 Å². The highest BCUT2D eigenvalue weighted by atomic mass is 35.5. The fourth-order valence-corrected chi connectivity index (χ4v) is 5.27. The summed E-state index contributed by atoms with van der Waals surface area (Å²) in [5.41, 5.74) is -0.624. The summed E-state index contributed by atoms with van der Waals surface area (Å²) in [7, 11) is 3.90. The van der Waals surface area contributed by atoms with Gasteiger partial charge in [-0.3, -0.25) is 9.59 Å². The van der Waals surface area contributed by atoms with Crippen molar-refractivity contribution >= 4 is 40.5 Å². The first kappa shape index (κ1) is 28.6. The highest BCUT2D eigenvalue weighted by Gasteiger charge is 2.33. The van der Waals surface area contributed by atoms with E-state index >= 15 is 4.39 Å². The number of ether oxygens (including phenoxy) is 1. The predicted octanol–water partition coefficient (Wildman–Crippen LogP) is 4.82. The highest BCUT2D eigenvalue weighted by Crippen LogP contribution is 2.41. The number of aromatic nitrogens is 2. The molecule has 0 radical (unpaired) electrons. The molecule has 39 heavy (non-hydrogen) atoms. The number of nitrogens with zero attached hydrogens (tertiary/aromatic N) is 5. The van der Waals surface area contributed by atoms with Gasteiger partial charge in [-0.05, 0) is 46.5 Å². The third kappa shape index (κ3) is 5.81. The lowest BCUT2D eigenvalue weighted by Crippen LogP contribution is -2.58. The zero-order chi connectivity index (χ0) is 28.4. The number of rotatable bonds is 8. The van der Waals surface area contributed by atoms with Gasteiger partial charge in [0.1, 0.15) is 17.2 Å². The van der Waals surface area contributed by atoms with E-state index in [-0.39, 0.29) is 51.2 Å². The molecule has 3 aromatic rings. The Balaban J connectivity index is 1.89. The zero-order valence-corrected chi connectivity index (χ0v) is 23.4. The van der Waals surface area contributed by atoms with Gasteiger partial charge in [0, 0.05) is 60.7 Å². The van der Waals surface area contributed by atoms with Crippen LogP contribution in [0.25, 0.3) is 22.0 Å². The molecular weight excluding hydrogens is 528 g/mol. The molecule has 0 bridgehead atoms. The van der Waals surface area contributed by atoms with E-state index in [0.717, 1.165) is 12.6 Å². The second-order valence-electron chi connectivity index (χ2n) is 10.1. The van der Waals surface area contributed by atoms with E-state index in [2.05, 4.69) is 9.97 Å². The molecule has 8 nitrogen and oxygen atoms in total. The first-order valence-corrected chi connectivity index (χ1v) is 13.2. The van der Waals surface area contributed by atoms with Crippen LogP contribution in [0.2, 0.25) is 5.02 Å². The van der Waals surface area contributed by atoms with Crippen molar-refractivity contribution in [2.75, 3.05) is 45.2 Å². The third-order valence-electron chi connectivity index (χ3n) is 6.91. The molecule has 0 unspecified atom stereocenters. The fraction of sp³-hybridized carbons (Fsp3) is 0.429. The predicted molar refractivity (Wildman–Crippen MR) is 148 cm³/mol. The second-order valence-corrected chi connectivity index (χ2v) is 10.5. The van der Waals surface area contributed by atoms with Crippen LogP contribution in [0.15, 0.2) is 24.3 Å². The van der Waals surface area contributed by atoms with Crippen molar-refractivity contribution in [3.63, 3.8) is 0 Å². The van der Waals surface area contributed by atoms with Crippen LogP contribution in [0.1, 0.15) is 37.6 Å². The number of anilines is 1. The van der Waals surface area contributed by atoms with Crippen molar-refractivity contribution < 1.29 is 23.1 Å². The molecule has 0 saturated carbocycles. The fourth-order valence-electron chi connectivity index (χ4n) is 4.98.